The number of rotatable bonds is 8. The second-order valence-electron chi connectivity index (χ2n) is 8.99. The smallest absolute Gasteiger partial charge is 0.361 e. The number of halogens is 1. The quantitative estimate of drug-likeness (QED) is 0.368. The Morgan fingerprint density at radius 3 is 2.77 bits per heavy atom. The fourth-order valence-electron chi connectivity index (χ4n) is 4.03. The molecule has 0 bridgehead atoms. The van der Waals surface area contributed by atoms with E-state index in [-0.39, 0.29) is 17.3 Å². The number of aromatic nitrogens is 2. The molecule has 180 valence electrons. The molecule has 1 fully saturated rings. The maximum absolute atomic E-state index is 14.0. The molecule has 0 saturated heterocycles. The molecule has 1 saturated carbocycles. The van der Waals surface area contributed by atoms with Gasteiger partial charge in [0.05, 0.1) is 6.61 Å². The van der Waals surface area contributed by atoms with Gasteiger partial charge in [0, 0.05) is 42.4 Å². The number of H-pyrrole nitrogens is 1. The number of primary amides is 1. The SMILES string of the molecule is CN(C)c1cccc(-c2oc(C(C(N)=O)c3c[nH]c4ccc(F)cc34)nc2C(=O)OCC2CC2)c1. The maximum Gasteiger partial charge on any atom is 0.361 e. The summed E-state index contributed by atoms with van der Waals surface area (Å²) in [6, 6.07) is 11.6. The Kier molecular flexibility index (Phi) is 5.76. The second kappa shape index (κ2) is 8.90. The van der Waals surface area contributed by atoms with Gasteiger partial charge in [-0.05, 0) is 54.7 Å². The van der Waals surface area contributed by atoms with E-state index in [0.29, 0.717) is 34.6 Å². The van der Waals surface area contributed by atoms with Crippen LogP contribution in [0.2, 0.25) is 0 Å². The van der Waals surface area contributed by atoms with Crippen LogP contribution in [0, 0.1) is 11.7 Å². The van der Waals surface area contributed by atoms with Crippen molar-refractivity contribution < 1.29 is 23.1 Å². The Morgan fingerprint density at radius 1 is 1.26 bits per heavy atom. The van der Waals surface area contributed by atoms with E-state index in [1.54, 1.807) is 18.3 Å². The van der Waals surface area contributed by atoms with Crippen LogP contribution in [-0.2, 0) is 9.53 Å². The van der Waals surface area contributed by atoms with Crippen molar-refractivity contribution in [1.29, 1.82) is 0 Å². The van der Waals surface area contributed by atoms with Crippen LogP contribution in [0.5, 0.6) is 0 Å². The van der Waals surface area contributed by atoms with Gasteiger partial charge in [-0.1, -0.05) is 12.1 Å². The average molecular weight is 477 g/mol. The van der Waals surface area contributed by atoms with Crippen LogP contribution in [-0.4, -0.2) is 42.5 Å². The second-order valence-corrected chi connectivity index (χ2v) is 8.99. The van der Waals surface area contributed by atoms with Crippen LogP contribution in [0.3, 0.4) is 0 Å². The topological polar surface area (TPSA) is 114 Å². The molecule has 2 aromatic heterocycles. The largest absolute Gasteiger partial charge is 0.461 e. The summed E-state index contributed by atoms with van der Waals surface area (Å²) < 4.78 is 25.5. The monoisotopic (exact) mass is 476 g/mol. The van der Waals surface area contributed by atoms with E-state index >= 15 is 0 Å². The van der Waals surface area contributed by atoms with Crippen LogP contribution in [0.4, 0.5) is 10.1 Å². The number of nitrogens with two attached hydrogens (primary N) is 1. The summed E-state index contributed by atoms with van der Waals surface area (Å²) in [5.74, 6) is -2.50. The van der Waals surface area contributed by atoms with E-state index in [9.17, 15) is 14.0 Å². The number of hydrogen-bond donors (Lipinski definition) is 2. The molecular formula is C26H25FN4O4. The van der Waals surface area contributed by atoms with Gasteiger partial charge in [-0.2, -0.15) is 0 Å². The van der Waals surface area contributed by atoms with Gasteiger partial charge in [0.2, 0.25) is 11.8 Å². The number of carbonyl (C=O) groups is 2. The standard InChI is InChI=1S/C26H25FN4O4/c1-31(2)17-5-3-4-15(10-17)23-22(26(33)34-13-14-6-7-14)30-25(35-23)21(24(28)32)19-12-29-20-9-8-16(27)11-18(19)20/h3-5,8-12,14,21,29H,6-7,13H2,1-2H3,(H2,28,32). The molecule has 0 spiro atoms. The number of benzene rings is 2. The van der Waals surface area contributed by atoms with E-state index < -0.39 is 23.6 Å². The molecule has 35 heavy (non-hydrogen) atoms. The van der Waals surface area contributed by atoms with Gasteiger partial charge in [-0.15, -0.1) is 0 Å². The van der Waals surface area contributed by atoms with E-state index in [0.717, 1.165) is 18.5 Å². The minimum absolute atomic E-state index is 0.0335. The Hall–Kier alpha value is -4.14. The van der Waals surface area contributed by atoms with Crippen LogP contribution in [0.25, 0.3) is 22.2 Å². The Morgan fingerprint density at radius 2 is 2.06 bits per heavy atom. The number of carbonyl (C=O) groups excluding carboxylic acids is 2. The maximum atomic E-state index is 14.0. The first-order chi connectivity index (χ1) is 16.8. The van der Waals surface area contributed by atoms with Crippen molar-refractivity contribution in [2.75, 3.05) is 25.6 Å². The minimum atomic E-state index is -1.15. The number of nitrogens with one attached hydrogen (secondary N) is 1. The molecule has 1 aliphatic rings. The van der Waals surface area contributed by atoms with E-state index in [1.165, 1.54) is 12.1 Å². The molecule has 2 heterocycles. The Balaban J connectivity index is 1.62. The van der Waals surface area contributed by atoms with Crippen molar-refractivity contribution in [3.8, 4) is 11.3 Å². The first-order valence-electron chi connectivity index (χ1n) is 11.3. The van der Waals surface area contributed by atoms with Crippen molar-refractivity contribution in [1.82, 2.24) is 9.97 Å². The molecule has 4 aromatic rings. The van der Waals surface area contributed by atoms with Gasteiger partial charge in [0.15, 0.2) is 11.5 Å². The molecule has 0 radical (unpaired) electrons. The van der Waals surface area contributed by atoms with Crippen LogP contribution < -0.4 is 10.6 Å². The number of esters is 1. The predicted molar refractivity (Wildman–Crippen MR) is 129 cm³/mol. The molecule has 5 rings (SSSR count). The number of ether oxygens (including phenoxy) is 1. The summed E-state index contributed by atoms with van der Waals surface area (Å²) in [7, 11) is 3.80. The zero-order valence-electron chi connectivity index (χ0n) is 19.4. The predicted octanol–water partition coefficient (Wildman–Crippen LogP) is 4.21. The molecule has 3 N–H and O–H groups in total. The third-order valence-electron chi connectivity index (χ3n) is 6.13. The van der Waals surface area contributed by atoms with Gasteiger partial charge >= 0.3 is 5.97 Å². The molecule has 8 nitrogen and oxygen atoms in total. The number of oxazole rings is 1. The number of hydrogen-bond acceptors (Lipinski definition) is 6. The average Bonchev–Trinajstić information content (AvgIpc) is 3.43. The number of amides is 1. The lowest BCUT2D eigenvalue weighted by Gasteiger charge is -2.13. The number of aromatic amines is 1. The lowest BCUT2D eigenvalue weighted by molar-refractivity contribution is -0.118. The molecule has 1 unspecified atom stereocenters. The van der Waals surface area contributed by atoms with Gasteiger partial charge < -0.3 is 24.8 Å². The lowest BCUT2D eigenvalue weighted by atomic mass is 9.97. The van der Waals surface area contributed by atoms with Crippen molar-refractivity contribution >= 4 is 28.5 Å². The molecule has 2 aromatic carbocycles. The van der Waals surface area contributed by atoms with Gasteiger partial charge in [-0.3, -0.25) is 4.79 Å². The third kappa shape index (κ3) is 4.49. The van der Waals surface area contributed by atoms with Gasteiger partial charge in [0.25, 0.3) is 0 Å². The minimum Gasteiger partial charge on any atom is -0.461 e. The molecule has 1 aliphatic carbocycles. The lowest BCUT2D eigenvalue weighted by Crippen LogP contribution is -2.22. The summed E-state index contributed by atoms with van der Waals surface area (Å²) in [5.41, 5.74) is 8.24. The fourth-order valence-corrected chi connectivity index (χ4v) is 4.03. The van der Waals surface area contributed by atoms with E-state index in [1.807, 2.05) is 37.2 Å². The first kappa shape index (κ1) is 22.6. The van der Waals surface area contributed by atoms with Gasteiger partial charge in [0.1, 0.15) is 11.7 Å². The molecular weight excluding hydrogens is 451 g/mol. The van der Waals surface area contributed by atoms with Crippen molar-refractivity contribution in [3.05, 3.63) is 71.6 Å². The van der Waals surface area contributed by atoms with Crippen molar-refractivity contribution in [2.45, 2.75) is 18.8 Å². The highest BCUT2D eigenvalue weighted by Gasteiger charge is 2.33. The normalized spacial score (nSPS) is 14.1. The van der Waals surface area contributed by atoms with E-state index in [2.05, 4.69) is 9.97 Å². The summed E-state index contributed by atoms with van der Waals surface area (Å²) in [6.45, 7) is 0.305. The highest BCUT2D eigenvalue weighted by atomic mass is 19.1. The highest BCUT2D eigenvalue weighted by molar-refractivity contribution is 5.96. The van der Waals surface area contributed by atoms with E-state index in [4.69, 9.17) is 14.9 Å². The first-order valence-corrected chi connectivity index (χ1v) is 11.3. The molecule has 1 atom stereocenters. The molecule has 0 aliphatic heterocycles. The van der Waals surface area contributed by atoms with Crippen molar-refractivity contribution in [3.63, 3.8) is 0 Å². The number of fused-ring (bicyclic) bond motifs is 1. The zero-order chi connectivity index (χ0) is 24.7. The van der Waals surface area contributed by atoms with Crippen LogP contribution in [0.1, 0.15) is 40.7 Å². The van der Waals surface area contributed by atoms with Crippen LogP contribution in [0.15, 0.2) is 53.1 Å². The summed E-state index contributed by atoms with van der Waals surface area (Å²) in [5, 5.41) is 0.473. The van der Waals surface area contributed by atoms with Gasteiger partial charge in [-0.25, -0.2) is 14.2 Å². The Bertz CT molecular complexity index is 1420. The summed E-state index contributed by atoms with van der Waals surface area (Å²) in [6.07, 6.45) is 3.62. The molecule has 9 heteroatoms. The highest BCUT2D eigenvalue weighted by Crippen LogP contribution is 2.36. The summed E-state index contributed by atoms with van der Waals surface area (Å²) in [4.78, 5) is 35.0. The summed E-state index contributed by atoms with van der Waals surface area (Å²) >= 11 is 0. The number of anilines is 1. The molecule has 1 amide bonds. The third-order valence-corrected chi connectivity index (χ3v) is 6.13. The van der Waals surface area contributed by atoms with Crippen LogP contribution >= 0.6 is 0 Å². The Labute approximate surface area is 200 Å². The van der Waals surface area contributed by atoms with Crippen molar-refractivity contribution in [2.24, 2.45) is 11.7 Å². The zero-order valence-corrected chi connectivity index (χ0v) is 19.4. The fraction of sp³-hybridized carbons (Fsp3) is 0.269. The number of nitrogens with zero attached hydrogens (tertiary/aromatic N) is 2.